The van der Waals surface area contributed by atoms with Gasteiger partial charge in [-0.3, -0.25) is 9.59 Å². The van der Waals surface area contributed by atoms with Crippen LogP contribution in [-0.4, -0.2) is 41.6 Å². The second-order valence-electron chi connectivity index (χ2n) is 4.63. The van der Waals surface area contributed by atoms with Crippen LogP contribution in [0.15, 0.2) is 35.4 Å². The molecule has 0 saturated heterocycles. The summed E-state index contributed by atoms with van der Waals surface area (Å²) in [5.41, 5.74) is 5.10. The van der Waals surface area contributed by atoms with Crippen molar-refractivity contribution in [3.05, 3.63) is 54.3 Å². The first-order chi connectivity index (χ1) is 11.1. The number of hydrogen-bond acceptors (Lipinski definition) is 6. The lowest BCUT2D eigenvalue weighted by molar-refractivity contribution is 0.0678. The van der Waals surface area contributed by atoms with Gasteiger partial charge in [0.05, 0.1) is 19.3 Å². The van der Waals surface area contributed by atoms with Gasteiger partial charge >= 0.3 is 5.91 Å². The van der Waals surface area contributed by atoms with E-state index in [1.807, 2.05) is 0 Å². The van der Waals surface area contributed by atoms with Crippen molar-refractivity contribution in [2.45, 2.75) is 13.1 Å². The number of carbonyl (C=O) groups is 2. The first-order valence-corrected chi connectivity index (χ1v) is 6.65. The molecule has 4 N–H and O–H groups in total. The molecule has 3 aromatic rings. The lowest BCUT2D eigenvalue weighted by Gasteiger charge is -2.18. The van der Waals surface area contributed by atoms with E-state index in [0.717, 1.165) is 6.20 Å². The number of nitrogens with one attached hydrogen (secondary N) is 2. The second kappa shape index (κ2) is 6.13. The van der Waals surface area contributed by atoms with E-state index in [4.69, 9.17) is 10.2 Å². The van der Waals surface area contributed by atoms with E-state index < -0.39 is 11.8 Å². The van der Waals surface area contributed by atoms with Crippen molar-refractivity contribution in [1.82, 2.24) is 29.8 Å². The van der Waals surface area contributed by atoms with E-state index in [1.54, 1.807) is 24.8 Å². The van der Waals surface area contributed by atoms with Gasteiger partial charge in [-0.2, -0.15) is 0 Å². The molecule has 118 valence electrons. The van der Waals surface area contributed by atoms with E-state index in [2.05, 4.69) is 24.9 Å². The Hall–Kier alpha value is -3.43. The normalized spacial score (nSPS) is 10.6. The lowest BCUT2D eigenvalue weighted by Crippen LogP contribution is -2.31. The number of carbonyl (C=O) groups excluding carboxylic acids is 2. The maximum absolute atomic E-state index is 12.6. The molecule has 0 aliphatic rings. The Kier molecular flexibility index (Phi) is 3.87. The average Bonchev–Trinajstić information content (AvgIpc) is 3.28. The summed E-state index contributed by atoms with van der Waals surface area (Å²) in [5.74, 6) is -0.523. The molecule has 0 fully saturated rings. The molecule has 3 heterocycles. The van der Waals surface area contributed by atoms with E-state index in [-0.39, 0.29) is 24.7 Å². The molecule has 0 radical (unpaired) electrons. The van der Waals surface area contributed by atoms with Gasteiger partial charge in [0.15, 0.2) is 0 Å². The van der Waals surface area contributed by atoms with Crippen LogP contribution in [-0.2, 0) is 13.1 Å². The van der Waals surface area contributed by atoms with Crippen molar-refractivity contribution in [3.63, 3.8) is 0 Å². The molecule has 0 saturated carbocycles. The van der Waals surface area contributed by atoms with Gasteiger partial charge < -0.3 is 25.0 Å². The van der Waals surface area contributed by atoms with Crippen LogP contribution >= 0.6 is 0 Å². The number of rotatable bonds is 6. The SMILES string of the molecule is NC(=O)c1cnc(C(=O)N(Cc2ncc[nH]2)Cc2ncc[nH]2)o1. The Morgan fingerprint density at radius 1 is 1.09 bits per heavy atom. The van der Waals surface area contributed by atoms with E-state index in [1.165, 1.54) is 4.90 Å². The van der Waals surface area contributed by atoms with Crippen molar-refractivity contribution >= 4 is 11.8 Å². The number of aromatic amines is 2. The Morgan fingerprint density at radius 3 is 2.13 bits per heavy atom. The fourth-order valence-electron chi connectivity index (χ4n) is 1.95. The van der Waals surface area contributed by atoms with Gasteiger partial charge in [0.2, 0.25) is 5.76 Å². The standard InChI is InChI=1S/C13H13N7O3/c14-11(21)8-5-19-12(23-8)13(22)20(6-9-15-1-2-16-9)7-10-17-3-4-18-10/h1-5H,6-7H2,(H2,14,21)(H,15,16)(H,17,18). The summed E-state index contributed by atoms with van der Waals surface area (Å²) in [6.07, 6.45) is 7.60. The van der Waals surface area contributed by atoms with Crippen molar-refractivity contribution in [2.24, 2.45) is 5.73 Å². The number of oxazole rings is 1. The first-order valence-electron chi connectivity index (χ1n) is 6.65. The summed E-state index contributed by atoms with van der Waals surface area (Å²) in [6, 6.07) is 0. The molecule has 0 unspecified atom stereocenters. The molecular weight excluding hydrogens is 302 g/mol. The monoisotopic (exact) mass is 315 g/mol. The van der Waals surface area contributed by atoms with Gasteiger partial charge in [-0.05, 0) is 0 Å². The molecule has 10 heteroatoms. The molecular formula is C13H13N7O3. The van der Waals surface area contributed by atoms with Crippen LogP contribution in [0.1, 0.15) is 32.9 Å². The van der Waals surface area contributed by atoms with Crippen LogP contribution in [0.25, 0.3) is 0 Å². The summed E-state index contributed by atoms with van der Waals surface area (Å²) < 4.78 is 5.09. The van der Waals surface area contributed by atoms with Gasteiger partial charge in [-0.25, -0.2) is 15.0 Å². The summed E-state index contributed by atoms with van der Waals surface area (Å²) >= 11 is 0. The largest absolute Gasteiger partial charge is 0.427 e. The summed E-state index contributed by atoms with van der Waals surface area (Å²) in [7, 11) is 0. The average molecular weight is 315 g/mol. The van der Waals surface area contributed by atoms with Gasteiger partial charge in [0.1, 0.15) is 11.6 Å². The smallest absolute Gasteiger partial charge is 0.310 e. The molecule has 0 bridgehead atoms. The zero-order valence-electron chi connectivity index (χ0n) is 11.9. The van der Waals surface area contributed by atoms with E-state index in [0.29, 0.717) is 11.6 Å². The van der Waals surface area contributed by atoms with Crippen molar-refractivity contribution < 1.29 is 14.0 Å². The van der Waals surface area contributed by atoms with Crippen LogP contribution in [0.2, 0.25) is 0 Å². The summed E-state index contributed by atoms with van der Waals surface area (Å²) in [5, 5.41) is 0. The van der Waals surface area contributed by atoms with Crippen LogP contribution in [0.3, 0.4) is 0 Å². The molecule has 0 aliphatic carbocycles. The number of amides is 2. The van der Waals surface area contributed by atoms with Crippen molar-refractivity contribution in [3.8, 4) is 0 Å². The minimum absolute atomic E-state index is 0.177. The first kappa shape index (κ1) is 14.5. The number of hydrogen-bond donors (Lipinski definition) is 3. The fourth-order valence-corrected chi connectivity index (χ4v) is 1.95. The Bertz CT molecular complexity index is 755. The molecule has 10 nitrogen and oxygen atoms in total. The minimum Gasteiger partial charge on any atom is -0.427 e. The van der Waals surface area contributed by atoms with Crippen LogP contribution < -0.4 is 5.73 Å². The van der Waals surface area contributed by atoms with Gasteiger partial charge in [-0.1, -0.05) is 0 Å². The highest BCUT2D eigenvalue weighted by atomic mass is 16.4. The second-order valence-corrected chi connectivity index (χ2v) is 4.63. The molecule has 23 heavy (non-hydrogen) atoms. The number of nitrogens with two attached hydrogens (primary N) is 1. The van der Waals surface area contributed by atoms with Crippen molar-refractivity contribution in [2.75, 3.05) is 0 Å². The van der Waals surface area contributed by atoms with Gasteiger partial charge in [0.25, 0.3) is 11.8 Å². The highest BCUT2D eigenvalue weighted by molar-refractivity contribution is 5.93. The number of H-pyrrole nitrogens is 2. The van der Waals surface area contributed by atoms with Crippen LogP contribution in [0, 0.1) is 0 Å². The summed E-state index contributed by atoms with van der Waals surface area (Å²) in [4.78, 5) is 42.9. The van der Waals surface area contributed by atoms with Crippen LogP contribution in [0.4, 0.5) is 0 Å². The minimum atomic E-state index is -0.792. The number of imidazole rings is 2. The topological polar surface area (TPSA) is 147 Å². The molecule has 3 rings (SSSR count). The molecule has 3 aromatic heterocycles. The lowest BCUT2D eigenvalue weighted by atomic mass is 10.4. The Balaban J connectivity index is 1.83. The fraction of sp³-hybridized carbons (Fsp3) is 0.154. The van der Waals surface area contributed by atoms with Gasteiger partial charge in [-0.15, -0.1) is 0 Å². The maximum Gasteiger partial charge on any atom is 0.310 e. The third kappa shape index (κ3) is 3.26. The van der Waals surface area contributed by atoms with E-state index in [9.17, 15) is 9.59 Å². The Labute approximate surface area is 129 Å². The number of primary amides is 1. The molecule has 0 aromatic carbocycles. The quantitative estimate of drug-likeness (QED) is 0.586. The molecule has 0 spiro atoms. The zero-order valence-corrected chi connectivity index (χ0v) is 11.9. The van der Waals surface area contributed by atoms with E-state index >= 15 is 0 Å². The molecule has 0 aliphatic heterocycles. The predicted molar refractivity (Wildman–Crippen MR) is 75.8 cm³/mol. The highest BCUT2D eigenvalue weighted by Gasteiger charge is 2.24. The van der Waals surface area contributed by atoms with Crippen LogP contribution in [0.5, 0.6) is 0 Å². The molecule has 0 atom stereocenters. The Morgan fingerprint density at radius 2 is 1.70 bits per heavy atom. The maximum atomic E-state index is 12.6. The third-order valence-electron chi connectivity index (χ3n) is 3.01. The molecule has 2 amide bonds. The number of nitrogens with zero attached hydrogens (tertiary/aromatic N) is 4. The van der Waals surface area contributed by atoms with Gasteiger partial charge in [0, 0.05) is 24.8 Å². The third-order valence-corrected chi connectivity index (χ3v) is 3.01. The summed E-state index contributed by atoms with van der Waals surface area (Å²) in [6.45, 7) is 0.391. The number of aromatic nitrogens is 5. The van der Waals surface area contributed by atoms with Crippen molar-refractivity contribution in [1.29, 1.82) is 0 Å². The predicted octanol–water partition coefficient (Wildman–Crippen LogP) is 0.0623. The zero-order chi connectivity index (χ0) is 16.2. The highest BCUT2D eigenvalue weighted by Crippen LogP contribution is 2.11.